The number of alkyl halides is 3. The van der Waals surface area contributed by atoms with E-state index in [4.69, 9.17) is 9.47 Å². The largest absolute Gasteiger partial charge is 0.478 e. The van der Waals surface area contributed by atoms with Crippen molar-refractivity contribution in [3.8, 4) is 5.88 Å². The second kappa shape index (κ2) is 13.1. The molecular weight excluding hydrogens is 591 g/mol. The van der Waals surface area contributed by atoms with Crippen LogP contribution in [-0.4, -0.2) is 102 Å². The predicted octanol–water partition coefficient (Wildman–Crippen LogP) is 2.73. The molecular formula is C31H38F3N7O4. The first-order chi connectivity index (χ1) is 21.5. The molecule has 2 aromatic heterocycles. The van der Waals surface area contributed by atoms with Crippen molar-refractivity contribution >= 4 is 11.8 Å². The molecule has 2 aromatic rings. The van der Waals surface area contributed by atoms with E-state index in [0.717, 1.165) is 19.2 Å². The molecule has 0 radical (unpaired) electrons. The maximum Gasteiger partial charge on any atom is 0.434 e. The molecule has 2 atom stereocenters. The highest BCUT2D eigenvalue weighted by Gasteiger charge is 2.42. The number of likely N-dealkylation sites (tertiary alicyclic amines) is 1. The molecule has 14 heteroatoms. The number of methoxy groups -OCH3 is 1. The molecule has 11 nitrogen and oxygen atoms in total. The van der Waals surface area contributed by atoms with Crippen LogP contribution in [0.3, 0.4) is 0 Å². The first-order valence-corrected chi connectivity index (χ1v) is 14.9. The Labute approximate surface area is 260 Å². The summed E-state index contributed by atoms with van der Waals surface area (Å²) in [5.41, 5.74) is -1.36. The fraction of sp³-hybridized carbons (Fsp3) is 0.484. The number of aromatic nitrogens is 2. The van der Waals surface area contributed by atoms with Gasteiger partial charge in [0.05, 0.1) is 23.9 Å². The molecule has 242 valence electrons. The number of likely N-dealkylation sites (N-methyl/N-ethyl adjacent to an activating group) is 1. The number of carbonyl (C=O) groups is 2. The Kier molecular flexibility index (Phi) is 9.35. The summed E-state index contributed by atoms with van der Waals surface area (Å²) in [5.74, 6) is -1.26. The molecule has 1 unspecified atom stereocenters. The third-order valence-electron chi connectivity index (χ3n) is 8.29. The Morgan fingerprint density at radius 2 is 1.93 bits per heavy atom. The Hall–Kier alpha value is -4.17. The van der Waals surface area contributed by atoms with Gasteiger partial charge in [0, 0.05) is 69.9 Å². The smallest absolute Gasteiger partial charge is 0.434 e. The van der Waals surface area contributed by atoms with E-state index < -0.39 is 29.1 Å². The number of nitrogens with one attached hydrogen (secondary N) is 2. The maximum absolute atomic E-state index is 13.9. The number of hydrogen-bond donors (Lipinski definition) is 2. The summed E-state index contributed by atoms with van der Waals surface area (Å²) < 4.78 is 52.9. The zero-order valence-corrected chi connectivity index (χ0v) is 25.7. The van der Waals surface area contributed by atoms with Crippen molar-refractivity contribution in [2.45, 2.75) is 44.3 Å². The van der Waals surface area contributed by atoms with Gasteiger partial charge in [0.1, 0.15) is 5.70 Å². The summed E-state index contributed by atoms with van der Waals surface area (Å²) in [6, 6.07) is 5.72. The van der Waals surface area contributed by atoms with Crippen LogP contribution in [0.1, 0.15) is 41.9 Å². The van der Waals surface area contributed by atoms with Crippen LogP contribution in [0.5, 0.6) is 5.88 Å². The molecule has 0 aromatic carbocycles. The number of halogens is 3. The van der Waals surface area contributed by atoms with Crippen LogP contribution in [0.15, 0.2) is 60.2 Å². The summed E-state index contributed by atoms with van der Waals surface area (Å²) >= 11 is 0. The van der Waals surface area contributed by atoms with E-state index in [-0.39, 0.29) is 50.1 Å². The molecule has 0 bridgehead atoms. The van der Waals surface area contributed by atoms with Crippen LogP contribution in [0.2, 0.25) is 0 Å². The lowest BCUT2D eigenvalue weighted by Crippen LogP contribution is -2.60. The average molecular weight is 630 g/mol. The molecule has 0 spiro atoms. The third-order valence-corrected chi connectivity index (χ3v) is 8.29. The monoisotopic (exact) mass is 629 g/mol. The Morgan fingerprint density at radius 1 is 1.16 bits per heavy atom. The molecule has 2 N–H and O–H groups in total. The highest BCUT2D eigenvalue weighted by atomic mass is 19.4. The van der Waals surface area contributed by atoms with Gasteiger partial charge in [-0.1, -0.05) is 13.0 Å². The third kappa shape index (κ3) is 6.61. The topological polar surface area (TPSA) is 112 Å². The quantitative estimate of drug-likeness (QED) is 0.433. The van der Waals surface area contributed by atoms with Crippen LogP contribution in [0.25, 0.3) is 0 Å². The molecule has 45 heavy (non-hydrogen) atoms. The van der Waals surface area contributed by atoms with Crippen LogP contribution in [-0.2, 0) is 21.4 Å². The molecule has 2 amide bonds. The van der Waals surface area contributed by atoms with Gasteiger partial charge in [-0.25, -0.2) is 4.98 Å². The molecule has 3 aliphatic rings. The fourth-order valence-electron chi connectivity index (χ4n) is 5.95. The van der Waals surface area contributed by atoms with Gasteiger partial charge in [-0.05, 0) is 44.7 Å². The standard InChI is InChI=1S/C31H38F3N7O4/c1-5-22-19-40(29(43)23-9-10-25(45-6-2)37-27(23)31(32,33)34)14-15-41(22)24-11-12-30(44-4,20-8-7-13-35-16-20)38-26(24)28(42)36-21-17-39(3)18-21/h7-13,16,21-22,38H,5-6,14-15,17-19H2,1-4H3,(H,36,42)/t22-,30?/m1/s1. The molecule has 0 aliphatic carbocycles. The van der Waals surface area contributed by atoms with Gasteiger partial charge >= 0.3 is 6.18 Å². The van der Waals surface area contributed by atoms with Crippen molar-refractivity contribution in [2.24, 2.45) is 0 Å². The van der Waals surface area contributed by atoms with E-state index in [2.05, 4.69) is 25.5 Å². The molecule has 2 saturated heterocycles. The van der Waals surface area contributed by atoms with Crippen molar-refractivity contribution in [3.63, 3.8) is 0 Å². The first-order valence-electron chi connectivity index (χ1n) is 14.9. The first kappa shape index (κ1) is 32.2. The van der Waals surface area contributed by atoms with Gasteiger partial charge in [0.2, 0.25) is 5.88 Å². The summed E-state index contributed by atoms with van der Waals surface area (Å²) in [7, 11) is 3.51. The van der Waals surface area contributed by atoms with Crippen LogP contribution in [0, 0.1) is 0 Å². The second-order valence-electron chi connectivity index (χ2n) is 11.3. The molecule has 5 heterocycles. The lowest BCUT2D eigenvalue weighted by atomic mass is 9.97. The highest BCUT2D eigenvalue weighted by Crippen LogP contribution is 2.35. The number of hydrogen-bond acceptors (Lipinski definition) is 9. The number of ether oxygens (including phenoxy) is 2. The van der Waals surface area contributed by atoms with E-state index in [1.54, 1.807) is 25.4 Å². The van der Waals surface area contributed by atoms with E-state index in [9.17, 15) is 22.8 Å². The average Bonchev–Trinajstić information content (AvgIpc) is 3.03. The summed E-state index contributed by atoms with van der Waals surface area (Å²) in [5, 5.41) is 6.42. The number of pyridine rings is 2. The van der Waals surface area contributed by atoms with Gasteiger partial charge in [-0.15, -0.1) is 0 Å². The van der Waals surface area contributed by atoms with E-state index >= 15 is 0 Å². The van der Waals surface area contributed by atoms with Crippen molar-refractivity contribution in [1.29, 1.82) is 0 Å². The SMILES string of the molecule is CCOc1ccc(C(=O)N2CCN(C3=C(C(=O)NC4CN(C)C4)NC(OC)(c4cccnc4)C=C3)[C@H](CC)C2)c(C(F)(F)F)n1. The van der Waals surface area contributed by atoms with Gasteiger partial charge in [-0.3, -0.25) is 14.6 Å². The van der Waals surface area contributed by atoms with Crippen molar-refractivity contribution in [2.75, 3.05) is 53.5 Å². The second-order valence-corrected chi connectivity index (χ2v) is 11.3. The van der Waals surface area contributed by atoms with Gasteiger partial charge < -0.3 is 34.8 Å². The number of amides is 2. The van der Waals surface area contributed by atoms with Crippen molar-refractivity contribution in [3.05, 3.63) is 77.0 Å². The predicted molar refractivity (Wildman–Crippen MR) is 159 cm³/mol. The number of carbonyl (C=O) groups excluding carboxylic acids is 2. The van der Waals surface area contributed by atoms with E-state index in [1.807, 2.05) is 37.1 Å². The number of allylic oxidation sites excluding steroid dienone is 1. The highest BCUT2D eigenvalue weighted by molar-refractivity contribution is 5.96. The zero-order valence-electron chi connectivity index (χ0n) is 25.7. The lowest BCUT2D eigenvalue weighted by Gasteiger charge is -2.46. The Bertz CT molecular complexity index is 1460. The Balaban J connectivity index is 1.43. The molecule has 3 aliphatic heterocycles. The van der Waals surface area contributed by atoms with Crippen molar-refractivity contribution < 1.29 is 32.2 Å². The normalized spacial score (nSPS) is 22.6. The van der Waals surface area contributed by atoms with Gasteiger partial charge in [0.15, 0.2) is 11.4 Å². The molecule has 5 rings (SSSR count). The minimum atomic E-state index is -4.84. The molecule has 2 fully saturated rings. The maximum atomic E-state index is 13.9. The van der Waals surface area contributed by atoms with Gasteiger partial charge in [0.25, 0.3) is 11.8 Å². The fourth-order valence-corrected chi connectivity index (χ4v) is 5.95. The number of nitrogens with zero attached hydrogens (tertiary/aromatic N) is 5. The summed E-state index contributed by atoms with van der Waals surface area (Å²) in [6.07, 6.45) is 2.68. The zero-order chi connectivity index (χ0) is 32.4. The number of rotatable bonds is 9. The summed E-state index contributed by atoms with van der Waals surface area (Å²) in [6.45, 7) is 5.73. The van der Waals surface area contributed by atoms with E-state index in [1.165, 1.54) is 18.1 Å². The van der Waals surface area contributed by atoms with Gasteiger partial charge in [-0.2, -0.15) is 13.2 Å². The number of piperazine rings is 1. The summed E-state index contributed by atoms with van der Waals surface area (Å²) in [4.78, 5) is 40.7. The lowest BCUT2D eigenvalue weighted by molar-refractivity contribution is -0.141. The minimum Gasteiger partial charge on any atom is -0.478 e. The van der Waals surface area contributed by atoms with Crippen LogP contribution < -0.4 is 15.4 Å². The van der Waals surface area contributed by atoms with Crippen LogP contribution >= 0.6 is 0 Å². The molecule has 0 saturated carbocycles. The van der Waals surface area contributed by atoms with E-state index in [0.29, 0.717) is 23.4 Å². The Morgan fingerprint density at radius 3 is 2.56 bits per heavy atom. The number of dihydropyridines is 1. The van der Waals surface area contributed by atoms with Crippen molar-refractivity contribution in [1.82, 2.24) is 35.3 Å². The van der Waals surface area contributed by atoms with Crippen LogP contribution in [0.4, 0.5) is 13.2 Å². The minimum absolute atomic E-state index is 0.0127.